The molecule has 1 aromatic carbocycles. The van der Waals surface area contributed by atoms with Crippen molar-refractivity contribution in [1.29, 1.82) is 5.26 Å². The maximum absolute atomic E-state index is 14.4. The summed E-state index contributed by atoms with van der Waals surface area (Å²) < 4.78 is 35.4. The van der Waals surface area contributed by atoms with Gasteiger partial charge in [0.05, 0.1) is 19.2 Å². The lowest BCUT2D eigenvalue weighted by Gasteiger charge is -2.25. The number of halogens is 2. The van der Waals surface area contributed by atoms with E-state index in [9.17, 15) is 14.0 Å². The van der Waals surface area contributed by atoms with E-state index in [0.29, 0.717) is 34.2 Å². The first-order chi connectivity index (χ1) is 14.6. The Bertz CT molecular complexity index is 1340. The molecule has 5 rings (SSSR count). The Kier molecular flexibility index (Phi) is 4.31. The van der Waals surface area contributed by atoms with Crippen molar-refractivity contribution in [1.82, 2.24) is 19.5 Å². The topological polar surface area (TPSA) is 76.6 Å². The molecular formula is C22H17F2N5O. The number of ether oxygens (including phenoxy) is 1. The molecule has 3 aromatic heterocycles. The van der Waals surface area contributed by atoms with Gasteiger partial charge in [-0.15, -0.1) is 0 Å². The summed E-state index contributed by atoms with van der Waals surface area (Å²) in [6.07, 6.45) is 4.75. The van der Waals surface area contributed by atoms with Crippen molar-refractivity contribution < 1.29 is 13.5 Å². The Balaban J connectivity index is 1.74. The van der Waals surface area contributed by atoms with Crippen LogP contribution < -0.4 is 4.74 Å². The molecule has 1 aliphatic carbocycles. The molecular weight excluding hydrogens is 388 g/mol. The van der Waals surface area contributed by atoms with Gasteiger partial charge in [-0.1, -0.05) is 6.42 Å². The zero-order valence-electron chi connectivity index (χ0n) is 16.2. The molecule has 0 N–H and O–H groups in total. The fraction of sp³-hybridized carbons (Fsp3) is 0.273. The Morgan fingerprint density at radius 2 is 2.03 bits per heavy atom. The number of nitriles is 1. The van der Waals surface area contributed by atoms with Crippen LogP contribution in [0.3, 0.4) is 0 Å². The molecule has 0 aliphatic heterocycles. The van der Waals surface area contributed by atoms with E-state index < -0.39 is 11.6 Å². The van der Waals surface area contributed by atoms with Crippen LogP contribution in [0.25, 0.3) is 22.1 Å². The lowest BCUT2D eigenvalue weighted by molar-refractivity contribution is 0.390. The summed E-state index contributed by atoms with van der Waals surface area (Å²) in [5.41, 5.74) is 2.25. The minimum atomic E-state index is -1.01. The molecule has 30 heavy (non-hydrogen) atoms. The number of pyridine rings is 2. The SMILES string of the molecule is COc1cc(Cn2c(C3CCC3)nc3c(C#N)ccnc32)c2ccc(F)c(F)c2n1. The zero-order valence-corrected chi connectivity index (χ0v) is 16.2. The van der Waals surface area contributed by atoms with Crippen LogP contribution in [-0.4, -0.2) is 26.6 Å². The minimum Gasteiger partial charge on any atom is -0.481 e. The van der Waals surface area contributed by atoms with Crippen LogP contribution in [0.1, 0.15) is 42.1 Å². The monoisotopic (exact) mass is 405 g/mol. The first-order valence-corrected chi connectivity index (χ1v) is 9.67. The summed E-state index contributed by atoms with van der Waals surface area (Å²) in [7, 11) is 1.43. The summed E-state index contributed by atoms with van der Waals surface area (Å²) in [5.74, 6) is -0.625. The number of imidazole rings is 1. The van der Waals surface area contributed by atoms with Crippen molar-refractivity contribution in [2.45, 2.75) is 31.7 Å². The highest BCUT2D eigenvalue weighted by Gasteiger charge is 2.27. The van der Waals surface area contributed by atoms with Crippen LogP contribution in [0, 0.1) is 23.0 Å². The second-order valence-corrected chi connectivity index (χ2v) is 7.41. The van der Waals surface area contributed by atoms with Crippen LogP contribution in [-0.2, 0) is 6.54 Å². The number of rotatable bonds is 4. The Labute approximate surface area is 170 Å². The molecule has 1 aliphatic rings. The Morgan fingerprint density at radius 1 is 1.20 bits per heavy atom. The van der Waals surface area contributed by atoms with E-state index in [1.807, 2.05) is 4.57 Å². The number of nitrogens with zero attached hydrogens (tertiary/aromatic N) is 5. The van der Waals surface area contributed by atoms with Gasteiger partial charge < -0.3 is 9.30 Å². The average Bonchev–Trinajstić information content (AvgIpc) is 3.07. The van der Waals surface area contributed by atoms with Crippen molar-refractivity contribution in [3.63, 3.8) is 0 Å². The summed E-state index contributed by atoms with van der Waals surface area (Å²) in [6, 6.07) is 8.15. The van der Waals surface area contributed by atoms with Crippen molar-refractivity contribution >= 4 is 22.1 Å². The van der Waals surface area contributed by atoms with Crippen molar-refractivity contribution in [2.24, 2.45) is 0 Å². The molecule has 0 unspecified atom stereocenters. The van der Waals surface area contributed by atoms with Crippen LogP contribution in [0.4, 0.5) is 8.78 Å². The number of methoxy groups -OCH3 is 1. The van der Waals surface area contributed by atoms with Gasteiger partial charge in [0.2, 0.25) is 5.88 Å². The zero-order chi connectivity index (χ0) is 20.8. The van der Waals surface area contributed by atoms with Crippen molar-refractivity contribution in [3.8, 4) is 11.9 Å². The van der Waals surface area contributed by atoms with Crippen LogP contribution in [0.5, 0.6) is 5.88 Å². The lowest BCUT2D eigenvalue weighted by atomic mass is 9.85. The quantitative estimate of drug-likeness (QED) is 0.501. The second kappa shape index (κ2) is 7.02. The van der Waals surface area contributed by atoms with Gasteiger partial charge in [-0.2, -0.15) is 5.26 Å². The van der Waals surface area contributed by atoms with Gasteiger partial charge in [-0.3, -0.25) is 0 Å². The van der Waals surface area contributed by atoms with Crippen LogP contribution in [0.15, 0.2) is 30.5 Å². The lowest BCUT2D eigenvalue weighted by Crippen LogP contribution is -2.16. The molecule has 6 nitrogen and oxygen atoms in total. The van der Waals surface area contributed by atoms with E-state index >= 15 is 0 Å². The maximum Gasteiger partial charge on any atom is 0.213 e. The van der Waals surface area contributed by atoms with Crippen LogP contribution >= 0.6 is 0 Å². The molecule has 0 atom stereocenters. The summed E-state index contributed by atoms with van der Waals surface area (Å²) >= 11 is 0. The van der Waals surface area contributed by atoms with E-state index in [1.165, 1.54) is 13.2 Å². The number of hydrogen-bond acceptors (Lipinski definition) is 5. The fourth-order valence-electron chi connectivity index (χ4n) is 3.94. The van der Waals surface area contributed by atoms with E-state index in [0.717, 1.165) is 31.2 Å². The predicted molar refractivity (Wildman–Crippen MR) is 106 cm³/mol. The molecule has 0 radical (unpaired) electrons. The smallest absolute Gasteiger partial charge is 0.213 e. The van der Waals surface area contributed by atoms with Gasteiger partial charge in [0.25, 0.3) is 0 Å². The molecule has 4 aromatic rings. The first kappa shape index (κ1) is 18.4. The van der Waals surface area contributed by atoms with Gasteiger partial charge in [-0.25, -0.2) is 23.7 Å². The third-order valence-electron chi connectivity index (χ3n) is 5.73. The summed E-state index contributed by atoms with van der Waals surface area (Å²) in [6.45, 7) is 0.324. The second-order valence-electron chi connectivity index (χ2n) is 7.41. The molecule has 1 saturated carbocycles. The fourth-order valence-corrected chi connectivity index (χ4v) is 3.94. The van der Waals surface area contributed by atoms with E-state index in [-0.39, 0.29) is 17.3 Å². The first-order valence-electron chi connectivity index (χ1n) is 9.67. The molecule has 0 amide bonds. The third kappa shape index (κ3) is 2.77. The highest BCUT2D eigenvalue weighted by molar-refractivity contribution is 5.84. The minimum absolute atomic E-state index is 0.0790. The highest BCUT2D eigenvalue weighted by Crippen LogP contribution is 2.38. The number of fused-ring (bicyclic) bond motifs is 2. The maximum atomic E-state index is 14.4. The number of hydrogen-bond donors (Lipinski definition) is 0. The predicted octanol–water partition coefficient (Wildman–Crippen LogP) is 4.45. The molecule has 150 valence electrons. The molecule has 3 heterocycles. The van der Waals surface area contributed by atoms with Gasteiger partial charge in [0.15, 0.2) is 17.3 Å². The van der Waals surface area contributed by atoms with Gasteiger partial charge in [-0.05, 0) is 36.6 Å². The standard InChI is InChI=1S/C22H17F2N5O/c1-30-17-9-14(15-5-6-16(23)18(24)20(15)27-17)11-29-21(12-3-2-4-12)28-19-13(10-25)7-8-26-22(19)29/h5-9,12H,2-4,11H2,1H3. The van der Waals surface area contributed by atoms with E-state index in [4.69, 9.17) is 9.72 Å². The number of benzene rings is 1. The van der Waals surface area contributed by atoms with Gasteiger partial charge >= 0.3 is 0 Å². The molecule has 8 heteroatoms. The highest BCUT2D eigenvalue weighted by atomic mass is 19.2. The number of aromatic nitrogens is 4. The van der Waals surface area contributed by atoms with Crippen LogP contribution in [0.2, 0.25) is 0 Å². The summed E-state index contributed by atoms with van der Waals surface area (Å²) in [5, 5.41) is 9.97. The van der Waals surface area contributed by atoms with E-state index in [2.05, 4.69) is 16.0 Å². The molecule has 0 saturated heterocycles. The largest absolute Gasteiger partial charge is 0.481 e. The van der Waals surface area contributed by atoms with Crippen molar-refractivity contribution in [3.05, 3.63) is 59.0 Å². The molecule has 0 bridgehead atoms. The molecule has 1 fully saturated rings. The van der Waals surface area contributed by atoms with Gasteiger partial charge in [0, 0.05) is 23.6 Å². The van der Waals surface area contributed by atoms with E-state index in [1.54, 1.807) is 18.3 Å². The normalized spacial score (nSPS) is 14.1. The Morgan fingerprint density at radius 3 is 2.73 bits per heavy atom. The van der Waals surface area contributed by atoms with Gasteiger partial charge in [0.1, 0.15) is 22.9 Å². The molecule has 0 spiro atoms. The average molecular weight is 405 g/mol. The third-order valence-corrected chi connectivity index (χ3v) is 5.73. The summed E-state index contributed by atoms with van der Waals surface area (Å²) in [4.78, 5) is 13.3. The Hall–Kier alpha value is -3.60. The van der Waals surface area contributed by atoms with Crippen molar-refractivity contribution in [2.75, 3.05) is 7.11 Å².